The number of benzene rings is 1. The summed E-state index contributed by atoms with van der Waals surface area (Å²) >= 11 is 0. The van der Waals surface area contributed by atoms with Crippen LogP contribution in [0.5, 0.6) is 5.75 Å². The number of H-pyrrole nitrogens is 1. The van der Waals surface area contributed by atoms with Crippen LogP contribution in [0.15, 0.2) is 18.2 Å². The monoisotopic (exact) mass is 400 g/mol. The molecule has 1 amide bonds. The first kappa shape index (κ1) is 20.1. The number of carbonyl (C=O) groups is 4. The molecule has 1 aromatic carbocycles. The highest BCUT2D eigenvalue weighted by atomic mass is 16.5. The third-order valence-corrected chi connectivity index (χ3v) is 4.38. The molecule has 0 atom stereocenters. The van der Waals surface area contributed by atoms with Crippen LogP contribution < -0.4 is 10.1 Å². The summed E-state index contributed by atoms with van der Waals surface area (Å²) in [4.78, 5) is 50.9. The Bertz CT molecular complexity index is 1010. The number of ketones is 1. The van der Waals surface area contributed by atoms with E-state index in [1.165, 1.54) is 18.2 Å². The third kappa shape index (κ3) is 4.13. The van der Waals surface area contributed by atoms with Gasteiger partial charge in [0.1, 0.15) is 5.75 Å². The van der Waals surface area contributed by atoms with E-state index >= 15 is 0 Å². The van der Waals surface area contributed by atoms with Crippen molar-refractivity contribution in [2.45, 2.75) is 20.8 Å². The van der Waals surface area contributed by atoms with Gasteiger partial charge in [0.05, 0.1) is 29.1 Å². The van der Waals surface area contributed by atoms with E-state index in [9.17, 15) is 19.2 Å². The van der Waals surface area contributed by atoms with E-state index in [0.29, 0.717) is 28.3 Å². The van der Waals surface area contributed by atoms with Crippen molar-refractivity contribution in [1.29, 1.82) is 0 Å². The van der Waals surface area contributed by atoms with Crippen molar-refractivity contribution < 1.29 is 33.4 Å². The first-order valence-electron chi connectivity index (χ1n) is 8.95. The Morgan fingerprint density at radius 3 is 2.62 bits per heavy atom. The average Bonchev–Trinajstić information content (AvgIpc) is 2.99. The van der Waals surface area contributed by atoms with Gasteiger partial charge in [0.2, 0.25) is 5.78 Å². The molecule has 1 aliphatic heterocycles. The van der Waals surface area contributed by atoms with Crippen LogP contribution in [0.3, 0.4) is 0 Å². The zero-order valence-corrected chi connectivity index (χ0v) is 16.2. The first-order chi connectivity index (χ1) is 13.8. The second-order valence-corrected chi connectivity index (χ2v) is 6.39. The van der Waals surface area contributed by atoms with Gasteiger partial charge in [0, 0.05) is 5.69 Å². The number of aromatic nitrogens is 1. The van der Waals surface area contributed by atoms with Crippen LogP contribution in [0, 0.1) is 13.8 Å². The Labute approximate surface area is 166 Å². The van der Waals surface area contributed by atoms with Crippen molar-refractivity contribution >= 4 is 29.3 Å². The molecule has 0 bridgehead atoms. The Kier molecular flexibility index (Phi) is 5.67. The molecule has 1 aromatic heterocycles. The molecule has 0 saturated heterocycles. The van der Waals surface area contributed by atoms with Gasteiger partial charge in [0.15, 0.2) is 13.2 Å². The second kappa shape index (κ2) is 8.17. The highest BCUT2D eigenvalue weighted by Crippen LogP contribution is 2.28. The molecule has 2 heterocycles. The molecule has 0 radical (unpaired) electrons. The Morgan fingerprint density at radius 1 is 1.14 bits per heavy atom. The second-order valence-electron chi connectivity index (χ2n) is 6.39. The molecular formula is C20H20N2O7. The van der Waals surface area contributed by atoms with Gasteiger partial charge in [0.25, 0.3) is 5.91 Å². The summed E-state index contributed by atoms with van der Waals surface area (Å²) in [6, 6.07) is 4.42. The molecule has 0 saturated carbocycles. The minimum Gasteiger partial charge on any atom is -0.482 e. The van der Waals surface area contributed by atoms with Crippen LogP contribution in [-0.4, -0.2) is 48.4 Å². The molecule has 0 unspecified atom stereocenters. The summed E-state index contributed by atoms with van der Waals surface area (Å²) in [5, 5.41) is 2.62. The normalized spacial score (nSPS) is 12.4. The number of Topliss-reactive ketones (excluding diaryl/α,β-unsaturated/α-hetero) is 1. The fourth-order valence-electron chi connectivity index (χ4n) is 3.03. The Balaban J connectivity index is 1.68. The lowest BCUT2D eigenvalue weighted by Gasteiger charge is -2.18. The number of hydrogen-bond acceptors (Lipinski definition) is 7. The molecular weight excluding hydrogens is 380 g/mol. The number of esters is 2. The minimum atomic E-state index is -0.715. The molecule has 152 valence electrons. The largest absolute Gasteiger partial charge is 0.482 e. The van der Waals surface area contributed by atoms with E-state index in [2.05, 4.69) is 10.3 Å². The van der Waals surface area contributed by atoms with Crippen molar-refractivity contribution in [3.05, 3.63) is 46.3 Å². The van der Waals surface area contributed by atoms with E-state index in [0.717, 1.165) is 0 Å². The maximum Gasteiger partial charge on any atom is 0.340 e. The minimum absolute atomic E-state index is 0.141. The van der Waals surface area contributed by atoms with Gasteiger partial charge >= 0.3 is 11.9 Å². The number of rotatable bonds is 6. The van der Waals surface area contributed by atoms with Crippen molar-refractivity contribution in [3.8, 4) is 5.75 Å². The number of aromatic amines is 1. The van der Waals surface area contributed by atoms with E-state index in [-0.39, 0.29) is 30.4 Å². The Morgan fingerprint density at radius 2 is 1.90 bits per heavy atom. The van der Waals surface area contributed by atoms with Crippen LogP contribution in [0.4, 0.5) is 5.69 Å². The number of fused-ring (bicyclic) bond motifs is 1. The van der Waals surface area contributed by atoms with Gasteiger partial charge in [-0.1, -0.05) is 0 Å². The average molecular weight is 400 g/mol. The number of anilines is 1. The maximum absolute atomic E-state index is 12.5. The molecule has 0 fully saturated rings. The van der Waals surface area contributed by atoms with Gasteiger partial charge < -0.3 is 24.5 Å². The molecule has 0 spiro atoms. The molecule has 0 aliphatic carbocycles. The molecule has 2 N–H and O–H groups in total. The number of nitrogens with one attached hydrogen (secondary N) is 2. The zero-order valence-electron chi connectivity index (χ0n) is 16.2. The van der Waals surface area contributed by atoms with Crippen LogP contribution in [0.1, 0.15) is 49.4 Å². The standard InChI is InChI=1S/C20H20N2O7/c1-4-27-20(26)17-10(2)18(21-11(17)3)14(23)8-29-19(25)12-5-6-13-15(7-12)28-9-16(24)22-13/h5-7,21H,4,8-9H2,1-3H3,(H,22,24). The number of ether oxygens (including phenoxy) is 3. The highest BCUT2D eigenvalue weighted by Gasteiger charge is 2.24. The molecule has 2 aromatic rings. The number of amides is 1. The van der Waals surface area contributed by atoms with Crippen molar-refractivity contribution in [1.82, 2.24) is 4.98 Å². The SMILES string of the molecule is CCOC(=O)c1c(C)[nH]c(C(=O)COC(=O)c2ccc3c(c2)OCC(=O)N3)c1C. The number of carbonyl (C=O) groups excluding carboxylic acids is 4. The maximum atomic E-state index is 12.5. The summed E-state index contributed by atoms with van der Waals surface area (Å²) in [6.45, 7) is 4.56. The predicted molar refractivity (Wildman–Crippen MR) is 101 cm³/mol. The summed E-state index contributed by atoms with van der Waals surface area (Å²) in [5.74, 6) is -1.64. The quantitative estimate of drug-likeness (QED) is 0.562. The van der Waals surface area contributed by atoms with E-state index < -0.39 is 24.3 Å². The molecule has 3 rings (SSSR count). The van der Waals surface area contributed by atoms with Crippen LogP contribution in [0.2, 0.25) is 0 Å². The molecule has 1 aliphatic rings. The third-order valence-electron chi connectivity index (χ3n) is 4.38. The zero-order chi connectivity index (χ0) is 21.1. The van der Waals surface area contributed by atoms with Crippen LogP contribution >= 0.6 is 0 Å². The van der Waals surface area contributed by atoms with Crippen LogP contribution in [-0.2, 0) is 14.3 Å². The van der Waals surface area contributed by atoms with Gasteiger partial charge in [-0.05, 0) is 44.5 Å². The fraction of sp³-hybridized carbons (Fsp3) is 0.300. The lowest BCUT2D eigenvalue weighted by Crippen LogP contribution is -2.25. The fourth-order valence-corrected chi connectivity index (χ4v) is 3.03. The summed E-state index contributed by atoms with van der Waals surface area (Å²) in [5.41, 5.74) is 2.08. The predicted octanol–water partition coefficient (Wildman–Crippen LogP) is 2.18. The Hall–Kier alpha value is -3.62. The summed E-state index contributed by atoms with van der Waals surface area (Å²) in [7, 11) is 0. The molecule has 9 heteroatoms. The van der Waals surface area contributed by atoms with Gasteiger partial charge in [-0.3, -0.25) is 9.59 Å². The van der Waals surface area contributed by atoms with Crippen molar-refractivity contribution in [2.24, 2.45) is 0 Å². The van der Waals surface area contributed by atoms with Crippen molar-refractivity contribution in [2.75, 3.05) is 25.1 Å². The van der Waals surface area contributed by atoms with Gasteiger partial charge in [-0.15, -0.1) is 0 Å². The van der Waals surface area contributed by atoms with Gasteiger partial charge in [-0.2, -0.15) is 0 Å². The van der Waals surface area contributed by atoms with E-state index in [4.69, 9.17) is 14.2 Å². The highest BCUT2D eigenvalue weighted by molar-refractivity contribution is 6.03. The number of hydrogen-bond donors (Lipinski definition) is 2. The first-order valence-corrected chi connectivity index (χ1v) is 8.95. The lowest BCUT2D eigenvalue weighted by molar-refractivity contribution is -0.118. The van der Waals surface area contributed by atoms with Crippen LogP contribution in [0.25, 0.3) is 0 Å². The van der Waals surface area contributed by atoms with Gasteiger partial charge in [-0.25, -0.2) is 9.59 Å². The summed E-state index contributed by atoms with van der Waals surface area (Å²) in [6.07, 6.45) is 0. The lowest BCUT2D eigenvalue weighted by atomic mass is 10.1. The molecule has 29 heavy (non-hydrogen) atoms. The van der Waals surface area contributed by atoms with E-state index in [1.807, 2.05) is 0 Å². The topological polar surface area (TPSA) is 124 Å². The smallest absolute Gasteiger partial charge is 0.340 e. The van der Waals surface area contributed by atoms with Crippen molar-refractivity contribution in [3.63, 3.8) is 0 Å². The van der Waals surface area contributed by atoms with E-state index in [1.54, 1.807) is 20.8 Å². The molecule has 9 nitrogen and oxygen atoms in total. The summed E-state index contributed by atoms with van der Waals surface area (Å²) < 4.78 is 15.4. The number of aryl methyl sites for hydroxylation is 1.